The molecule has 0 aliphatic carbocycles. The molecule has 0 unspecified atom stereocenters. The second-order valence-electron chi connectivity index (χ2n) is 4.31. The van der Waals surface area contributed by atoms with E-state index in [4.69, 9.17) is 23.2 Å². The number of phenols is 1. The van der Waals surface area contributed by atoms with Crippen LogP contribution in [0.25, 0.3) is 0 Å². The van der Waals surface area contributed by atoms with Gasteiger partial charge in [-0.05, 0) is 12.1 Å². The molecule has 1 N–H and O–H groups in total. The summed E-state index contributed by atoms with van der Waals surface area (Å²) in [6.45, 7) is 3.56. The number of aromatic hydroxyl groups is 1. The molecule has 0 spiro atoms. The molecule has 0 atom stereocenters. The van der Waals surface area contributed by atoms with Gasteiger partial charge < -0.3 is 10.0 Å². The number of rotatable bonds is 3. The van der Waals surface area contributed by atoms with E-state index in [1.165, 1.54) is 6.07 Å². The topological polar surface area (TPSA) is 43.8 Å². The third-order valence-corrected chi connectivity index (χ3v) is 3.56. The molecule has 1 heterocycles. The van der Waals surface area contributed by atoms with E-state index >= 15 is 0 Å². The highest BCUT2D eigenvalue weighted by atomic mass is 35.5. The number of amides is 1. The average Bonchev–Trinajstić information content (AvgIpc) is 2.36. The Morgan fingerprint density at radius 3 is 2.50 bits per heavy atom. The first kappa shape index (κ1) is 13.5. The highest BCUT2D eigenvalue weighted by molar-refractivity contribution is 6.35. The number of hydrogen-bond donors (Lipinski definition) is 1. The Labute approximate surface area is 116 Å². The Balaban J connectivity index is 2.04. The maximum Gasteiger partial charge on any atom is 0.209 e. The van der Waals surface area contributed by atoms with Gasteiger partial charge in [0.2, 0.25) is 6.41 Å². The quantitative estimate of drug-likeness (QED) is 0.865. The second-order valence-corrected chi connectivity index (χ2v) is 5.16. The number of nitrogens with zero attached hydrogens (tertiary/aromatic N) is 2. The smallest absolute Gasteiger partial charge is 0.209 e. The van der Waals surface area contributed by atoms with Gasteiger partial charge in [0.1, 0.15) is 5.75 Å². The minimum Gasteiger partial charge on any atom is -0.506 e. The molecule has 0 bridgehead atoms. The van der Waals surface area contributed by atoms with Crippen LogP contribution in [0.3, 0.4) is 0 Å². The fraction of sp³-hybridized carbons (Fsp3) is 0.417. The van der Waals surface area contributed by atoms with Gasteiger partial charge in [-0.2, -0.15) is 0 Å². The zero-order valence-corrected chi connectivity index (χ0v) is 11.3. The second kappa shape index (κ2) is 5.78. The summed E-state index contributed by atoms with van der Waals surface area (Å²) in [4.78, 5) is 14.5. The largest absolute Gasteiger partial charge is 0.506 e. The minimum atomic E-state index is 0.0823. The molecule has 18 heavy (non-hydrogen) atoms. The molecule has 0 aromatic heterocycles. The normalized spacial score (nSPS) is 16.9. The van der Waals surface area contributed by atoms with Crippen molar-refractivity contribution in [3.05, 3.63) is 27.7 Å². The highest BCUT2D eigenvalue weighted by Gasteiger charge is 2.17. The Morgan fingerprint density at radius 2 is 1.89 bits per heavy atom. The van der Waals surface area contributed by atoms with Crippen LogP contribution in [-0.2, 0) is 11.3 Å². The number of benzene rings is 1. The Bertz CT molecular complexity index is 446. The molecule has 98 valence electrons. The highest BCUT2D eigenvalue weighted by Crippen LogP contribution is 2.32. The van der Waals surface area contributed by atoms with E-state index in [9.17, 15) is 9.90 Å². The fourth-order valence-electron chi connectivity index (χ4n) is 2.01. The van der Waals surface area contributed by atoms with Gasteiger partial charge >= 0.3 is 0 Å². The molecule has 1 aromatic rings. The first-order valence-electron chi connectivity index (χ1n) is 5.68. The van der Waals surface area contributed by atoms with Crippen LogP contribution in [0.5, 0.6) is 5.75 Å². The first-order valence-corrected chi connectivity index (χ1v) is 6.44. The molecule has 1 amide bonds. The summed E-state index contributed by atoms with van der Waals surface area (Å²) in [6.07, 6.45) is 0.866. The van der Waals surface area contributed by atoms with Gasteiger partial charge in [0.15, 0.2) is 0 Å². The summed E-state index contributed by atoms with van der Waals surface area (Å²) in [6, 6.07) is 3.24. The van der Waals surface area contributed by atoms with Crippen LogP contribution >= 0.6 is 23.2 Å². The lowest BCUT2D eigenvalue weighted by Gasteiger charge is -2.32. The van der Waals surface area contributed by atoms with Gasteiger partial charge in [0.05, 0.1) is 5.02 Å². The zero-order chi connectivity index (χ0) is 13.1. The van der Waals surface area contributed by atoms with Crippen LogP contribution in [0.4, 0.5) is 0 Å². The third kappa shape index (κ3) is 3.07. The summed E-state index contributed by atoms with van der Waals surface area (Å²) >= 11 is 11.8. The van der Waals surface area contributed by atoms with Crippen LogP contribution in [0.2, 0.25) is 10.0 Å². The van der Waals surface area contributed by atoms with Gasteiger partial charge in [0, 0.05) is 43.3 Å². The van der Waals surface area contributed by atoms with Gasteiger partial charge in [-0.25, -0.2) is 0 Å². The van der Waals surface area contributed by atoms with E-state index in [1.54, 1.807) is 11.0 Å². The standard InChI is InChI=1S/C12H14Cl2N2O2/c13-10-5-9(12(18)11(14)6-10)7-15-1-3-16(8-17)4-2-15/h5-6,8,18H,1-4,7H2. The lowest BCUT2D eigenvalue weighted by atomic mass is 10.1. The molecule has 1 aliphatic rings. The number of halogens is 2. The van der Waals surface area contributed by atoms with Gasteiger partial charge in [-0.15, -0.1) is 0 Å². The molecule has 6 heteroatoms. The van der Waals surface area contributed by atoms with Crippen molar-refractivity contribution < 1.29 is 9.90 Å². The summed E-state index contributed by atoms with van der Waals surface area (Å²) in [7, 11) is 0. The molecule has 1 aliphatic heterocycles. The first-order chi connectivity index (χ1) is 8.60. The van der Waals surface area contributed by atoms with Crippen molar-refractivity contribution >= 4 is 29.6 Å². The maximum atomic E-state index is 10.6. The third-order valence-electron chi connectivity index (χ3n) is 3.06. The average molecular weight is 289 g/mol. The summed E-state index contributed by atoms with van der Waals surface area (Å²) < 4.78 is 0. The van der Waals surface area contributed by atoms with Gasteiger partial charge in [-0.1, -0.05) is 23.2 Å². The SMILES string of the molecule is O=CN1CCN(Cc2cc(Cl)cc(Cl)c2O)CC1. The van der Waals surface area contributed by atoms with Crippen LogP contribution < -0.4 is 0 Å². The molecule has 1 fully saturated rings. The predicted octanol–water partition coefficient (Wildman–Crippen LogP) is 1.97. The fourth-order valence-corrected chi connectivity index (χ4v) is 2.54. The zero-order valence-electron chi connectivity index (χ0n) is 9.77. The van der Waals surface area contributed by atoms with Crippen molar-refractivity contribution in [3.63, 3.8) is 0 Å². The lowest BCUT2D eigenvalue weighted by molar-refractivity contribution is -0.119. The number of hydrogen-bond acceptors (Lipinski definition) is 3. The van der Waals surface area contributed by atoms with Crippen LogP contribution in [0.1, 0.15) is 5.56 Å². The summed E-state index contributed by atoms with van der Waals surface area (Å²) in [5.74, 6) is 0.0823. The van der Waals surface area contributed by atoms with E-state index in [2.05, 4.69) is 4.90 Å². The van der Waals surface area contributed by atoms with Crippen molar-refractivity contribution in [2.75, 3.05) is 26.2 Å². The van der Waals surface area contributed by atoms with Crippen LogP contribution in [0, 0.1) is 0 Å². The molecular formula is C12H14Cl2N2O2. The number of phenolic OH excluding ortho intramolecular Hbond substituents is 1. The predicted molar refractivity (Wildman–Crippen MR) is 71.0 cm³/mol. The molecular weight excluding hydrogens is 275 g/mol. The van der Waals surface area contributed by atoms with Crippen LogP contribution in [0.15, 0.2) is 12.1 Å². The van der Waals surface area contributed by atoms with E-state index in [1.807, 2.05) is 0 Å². The molecule has 1 aromatic carbocycles. The Kier molecular flexibility index (Phi) is 4.32. The molecule has 2 rings (SSSR count). The number of piperazine rings is 1. The van der Waals surface area contributed by atoms with Crippen molar-refractivity contribution in [2.45, 2.75) is 6.54 Å². The van der Waals surface area contributed by atoms with E-state index in [0.717, 1.165) is 19.5 Å². The van der Waals surface area contributed by atoms with E-state index in [0.29, 0.717) is 30.2 Å². The summed E-state index contributed by atoms with van der Waals surface area (Å²) in [5.41, 5.74) is 0.715. The molecule has 0 saturated carbocycles. The monoisotopic (exact) mass is 288 g/mol. The van der Waals surface area contributed by atoms with Crippen molar-refractivity contribution in [2.24, 2.45) is 0 Å². The maximum absolute atomic E-state index is 10.6. The molecule has 0 radical (unpaired) electrons. The van der Waals surface area contributed by atoms with Gasteiger partial charge in [0.25, 0.3) is 0 Å². The van der Waals surface area contributed by atoms with E-state index < -0.39 is 0 Å². The summed E-state index contributed by atoms with van der Waals surface area (Å²) in [5, 5.41) is 10.6. The molecule has 1 saturated heterocycles. The number of carbonyl (C=O) groups is 1. The van der Waals surface area contributed by atoms with Crippen LogP contribution in [-0.4, -0.2) is 47.5 Å². The van der Waals surface area contributed by atoms with Gasteiger partial charge in [-0.3, -0.25) is 9.69 Å². The Hall–Kier alpha value is -0.970. The van der Waals surface area contributed by atoms with Crippen molar-refractivity contribution in [3.8, 4) is 5.75 Å². The van der Waals surface area contributed by atoms with Crippen molar-refractivity contribution in [1.29, 1.82) is 0 Å². The van der Waals surface area contributed by atoms with Crippen molar-refractivity contribution in [1.82, 2.24) is 9.80 Å². The van der Waals surface area contributed by atoms with E-state index in [-0.39, 0.29) is 10.8 Å². The number of carbonyl (C=O) groups excluding carboxylic acids is 1. The lowest BCUT2D eigenvalue weighted by Crippen LogP contribution is -2.45. The Morgan fingerprint density at radius 1 is 1.22 bits per heavy atom. The minimum absolute atomic E-state index is 0.0823. The molecule has 4 nitrogen and oxygen atoms in total.